The second-order valence-electron chi connectivity index (χ2n) is 9.77. The van der Waals surface area contributed by atoms with E-state index in [2.05, 4.69) is 45.4 Å². The molecule has 3 rings (SSSR count). The van der Waals surface area contributed by atoms with Gasteiger partial charge >= 0.3 is 0 Å². The Morgan fingerprint density at radius 3 is 2.52 bits per heavy atom. The van der Waals surface area contributed by atoms with Crippen molar-refractivity contribution in [2.45, 2.75) is 65.5 Å². The molecule has 0 aromatic heterocycles. The Morgan fingerprint density at radius 2 is 1.85 bits per heavy atom. The van der Waals surface area contributed by atoms with Gasteiger partial charge in [-0.3, -0.25) is 4.79 Å². The van der Waals surface area contributed by atoms with Crippen LogP contribution in [0.4, 0.5) is 5.69 Å². The number of anilines is 1. The number of carbonyl (C=O) groups is 1. The summed E-state index contributed by atoms with van der Waals surface area (Å²) in [6, 6.07) is 12.6. The number of aryl methyl sites for hydroxylation is 1. The number of carbonyl (C=O) groups excluding carboxylic acids is 1. The number of hydrogen-bond donors (Lipinski definition) is 1. The van der Waals surface area contributed by atoms with E-state index >= 15 is 0 Å². The summed E-state index contributed by atoms with van der Waals surface area (Å²) in [7, 11) is 4.68. The van der Waals surface area contributed by atoms with Crippen LogP contribution in [0.2, 0.25) is 5.02 Å². The number of quaternary nitrogens is 1. The van der Waals surface area contributed by atoms with Gasteiger partial charge in [0.2, 0.25) is 0 Å². The van der Waals surface area contributed by atoms with Gasteiger partial charge in [0, 0.05) is 21.8 Å². The van der Waals surface area contributed by atoms with Crippen molar-refractivity contribution in [2.24, 2.45) is 0 Å². The maximum absolute atomic E-state index is 12.8. The van der Waals surface area contributed by atoms with Crippen LogP contribution in [0.3, 0.4) is 0 Å². The molecule has 1 aliphatic heterocycles. The Hall–Kier alpha value is -2.30. The molecule has 2 aromatic rings. The number of nitrogens with zero attached hydrogens (tertiary/aromatic N) is 1. The first-order valence-electron chi connectivity index (χ1n) is 12.1. The highest BCUT2D eigenvalue weighted by Crippen LogP contribution is 2.33. The van der Waals surface area contributed by atoms with Gasteiger partial charge in [0.1, 0.15) is 18.9 Å². The normalized spacial score (nSPS) is 14.2. The lowest BCUT2D eigenvalue weighted by Crippen LogP contribution is -2.48. The van der Waals surface area contributed by atoms with Crippen molar-refractivity contribution in [3.8, 4) is 5.75 Å². The summed E-state index contributed by atoms with van der Waals surface area (Å²) < 4.78 is 6.83. The first-order valence-corrected chi connectivity index (χ1v) is 12.5. The van der Waals surface area contributed by atoms with E-state index in [1.54, 1.807) is 0 Å². The first-order chi connectivity index (χ1) is 15.7. The van der Waals surface area contributed by atoms with Gasteiger partial charge in [-0.15, -0.1) is 0 Å². The lowest BCUT2D eigenvalue weighted by Gasteiger charge is -2.38. The van der Waals surface area contributed by atoms with E-state index in [-0.39, 0.29) is 12.5 Å². The maximum Gasteiger partial charge on any atom is 0.255 e. The number of benzene rings is 2. The van der Waals surface area contributed by atoms with Crippen molar-refractivity contribution in [1.82, 2.24) is 0 Å². The number of nitrogens with one attached hydrogen (secondary N) is 1. The number of fused-ring (bicyclic) bond motifs is 1. The Bertz CT molecular complexity index is 996. The molecule has 4 nitrogen and oxygen atoms in total. The average molecular weight is 470 g/mol. The van der Waals surface area contributed by atoms with Crippen LogP contribution in [0.25, 0.3) is 6.08 Å². The van der Waals surface area contributed by atoms with E-state index in [9.17, 15) is 4.79 Å². The molecule has 0 bridgehead atoms. The maximum atomic E-state index is 12.8. The van der Waals surface area contributed by atoms with Crippen LogP contribution in [-0.4, -0.2) is 37.1 Å². The third kappa shape index (κ3) is 6.61. The van der Waals surface area contributed by atoms with Gasteiger partial charge < -0.3 is 14.5 Å². The van der Waals surface area contributed by atoms with E-state index in [0.29, 0.717) is 16.6 Å². The molecule has 1 atom stereocenters. The third-order valence-electron chi connectivity index (χ3n) is 6.56. The van der Waals surface area contributed by atoms with Crippen molar-refractivity contribution in [1.29, 1.82) is 0 Å². The van der Waals surface area contributed by atoms with Crippen molar-refractivity contribution in [2.75, 3.05) is 26.0 Å². The van der Waals surface area contributed by atoms with Crippen LogP contribution in [0.5, 0.6) is 5.75 Å². The van der Waals surface area contributed by atoms with E-state index in [1.807, 2.05) is 37.3 Å². The van der Waals surface area contributed by atoms with E-state index in [4.69, 9.17) is 16.3 Å². The number of amides is 1. The molecule has 33 heavy (non-hydrogen) atoms. The second kappa shape index (κ2) is 11.2. The molecule has 5 heteroatoms. The zero-order chi connectivity index (χ0) is 24.0. The molecular weight excluding hydrogens is 432 g/mol. The quantitative estimate of drug-likeness (QED) is 0.380. The molecule has 0 spiro atoms. The summed E-state index contributed by atoms with van der Waals surface area (Å²) in [5.74, 6) is 0.645. The van der Waals surface area contributed by atoms with Gasteiger partial charge in [-0.25, -0.2) is 0 Å². The summed E-state index contributed by atoms with van der Waals surface area (Å²) in [6.07, 6.45) is 8.15. The summed E-state index contributed by atoms with van der Waals surface area (Å²) in [4.78, 5) is 12.8. The minimum atomic E-state index is -0.148. The SMILES string of the molecule is CCCCC(CCC)[N+](C)(C)Cc1ccc(NC(=O)C2=Cc3cc(Cl)cc(C)c3OC2)cc1. The van der Waals surface area contributed by atoms with Crippen LogP contribution >= 0.6 is 11.6 Å². The average Bonchev–Trinajstić information content (AvgIpc) is 2.77. The number of unbranched alkanes of at least 4 members (excludes halogenated alkanes) is 1. The molecule has 1 unspecified atom stereocenters. The van der Waals surface area contributed by atoms with Crippen molar-refractivity contribution < 1.29 is 14.0 Å². The molecule has 1 heterocycles. The Kier molecular flexibility index (Phi) is 8.61. The van der Waals surface area contributed by atoms with Crippen molar-refractivity contribution in [3.63, 3.8) is 0 Å². The highest BCUT2D eigenvalue weighted by Gasteiger charge is 2.27. The molecule has 178 valence electrons. The Balaban J connectivity index is 1.65. The van der Waals surface area contributed by atoms with Crippen LogP contribution in [-0.2, 0) is 11.3 Å². The summed E-state index contributed by atoms with van der Waals surface area (Å²) in [6.45, 7) is 7.73. The molecule has 2 aromatic carbocycles. The number of hydrogen-bond acceptors (Lipinski definition) is 2. The van der Waals surface area contributed by atoms with E-state index in [1.165, 1.54) is 37.7 Å². The lowest BCUT2D eigenvalue weighted by molar-refractivity contribution is -0.928. The van der Waals surface area contributed by atoms with Crippen molar-refractivity contribution >= 4 is 29.3 Å². The van der Waals surface area contributed by atoms with Gasteiger partial charge in [-0.2, -0.15) is 0 Å². The second-order valence-corrected chi connectivity index (χ2v) is 10.2. The minimum absolute atomic E-state index is 0.148. The van der Waals surface area contributed by atoms with Crippen LogP contribution in [0, 0.1) is 6.92 Å². The topological polar surface area (TPSA) is 38.3 Å². The van der Waals surface area contributed by atoms with E-state index in [0.717, 1.165) is 33.6 Å². The highest BCUT2D eigenvalue weighted by molar-refractivity contribution is 6.31. The van der Waals surface area contributed by atoms with E-state index < -0.39 is 0 Å². The van der Waals surface area contributed by atoms with Crippen LogP contribution in [0.15, 0.2) is 42.0 Å². The molecule has 0 fully saturated rings. The fourth-order valence-corrected chi connectivity index (χ4v) is 4.97. The third-order valence-corrected chi connectivity index (χ3v) is 6.78. The van der Waals surface area contributed by atoms with Gasteiger partial charge in [0.05, 0.1) is 25.7 Å². The molecule has 0 radical (unpaired) electrons. The van der Waals surface area contributed by atoms with Gasteiger partial charge in [-0.05, 0) is 62.1 Å². The van der Waals surface area contributed by atoms with Gasteiger partial charge in [-0.1, -0.05) is 50.4 Å². The Morgan fingerprint density at radius 1 is 1.12 bits per heavy atom. The zero-order valence-electron chi connectivity index (χ0n) is 20.7. The van der Waals surface area contributed by atoms with Gasteiger partial charge in [0.15, 0.2) is 0 Å². The van der Waals surface area contributed by atoms with Crippen molar-refractivity contribution in [3.05, 3.63) is 63.7 Å². The van der Waals surface area contributed by atoms with Crippen LogP contribution < -0.4 is 10.1 Å². The standard InChI is InChI=1S/C28H37ClN2O2/c1-6-8-10-26(9-7-2)31(4,5)18-21-11-13-25(14-12-21)30-28(32)23-16-22-17-24(29)15-20(3)27(22)33-19-23/h11-17,26H,6-10,18-19H2,1-5H3/p+1. The molecule has 0 saturated heterocycles. The zero-order valence-corrected chi connectivity index (χ0v) is 21.5. The molecule has 0 saturated carbocycles. The fraction of sp³-hybridized carbons (Fsp3) is 0.464. The molecule has 1 aliphatic rings. The molecule has 1 N–H and O–H groups in total. The number of rotatable bonds is 10. The van der Waals surface area contributed by atoms with Crippen LogP contribution in [0.1, 0.15) is 62.6 Å². The number of ether oxygens (including phenoxy) is 1. The summed E-state index contributed by atoms with van der Waals surface area (Å²) in [5.41, 5.74) is 4.48. The minimum Gasteiger partial charge on any atom is -0.488 e. The number of halogens is 1. The smallest absolute Gasteiger partial charge is 0.255 e. The predicted octanol–water partition coefficient (Wildman–Crippen LogP) is 7.00. The largest absolute Gasteiger partial charge is 0.488 e. The summed E-state index contributed by atoms with van der Waals surface area (Å²) >= 11 is 6.17. The predicted molar refractivity (Wildman–Crippen MR) is 139 cm³/mol. The summed E-state index contributed by atoms with van der Waals surface area (Å²) in [5, 5.41) is 3.65. The molecule has 0 aliphatic carbocycles. The Labute approximate surface area is 204 Å². The first kappa shape index (κ1) is 25.3. The molecule has 1 amide bonds. The highest BCUT2D eigenvalue weighted by atomic mass is 35.5. The fourth-order valence-electron chi connectivity index (χ4n) is 4.69. The monoisotopic (exact) mass is 469 g/mol. The molecular formula is C28H38ClN2O2+. The lowest BCUT2D eigenvalue weighted by atomic mass is 10.0. The van der Waals surface area contributed by atoms with Gasteiger partial charge in [0.25, 0.3) is 5.91 Å².